The monoisotopic (exact) mass is 329 g/mol. The number of aromatic nitrogens is 2. The van der Waals surface area contributed by atoms with Gasteiger partial charge in [-0.05, 0) is 24.5 Å². The number of amides is 1. The maximum Gasteiger partial charge on any atom is 0.328 e. The molecule has 1 atom stereocenters. The van der Waals surface area contributed by atoms with Crippen LogP contribution >= 0.6 is 0 Å². The minimum absolute atomic E-state index is 0.347. The van der Waals surface area contributed by atoms with Crippen molar-refractivity contribution in [3.8, 4) is 5.69 Å². The van der Waals surface area contributed by atoms with Gasteiger partial charge in [0.1, 0.15) is 6.04 Å². The van der Waals surface area contributed by atoms with Gasteiger partial charge in [-0.2, -0.15) is 5.10 Å². The quantitative estimate of drug-likeness (QED) is 0.875. The lowest BCUT2D eigenvalue weighted by molar-refractivity contribution is -0.145. The first-order chi connectivity index (χ1) is 11.3. The van der Waals surface area contributed by atoms with Crippen molar-refractivity contribution in [1.29, 1.82) is 0 Å². The number of methoxy groups -OCH3 is 1. The van der Waals surface area contributed by atoms with Crippen molar-refractivity contribution in [1.82, 2.24) is 15.1 Å². The molecule has 0 saturated heterocycles. The predicted octanol–water partition coefficient (Wildman–Crippen LogP) is 2.50. The van der Waals surface area contributed by atoms with E-state index in [9.17, 15) is 9.59 Å². The SMILES string of the molecule is COC(=O)C(NC(=O)c1cnn(-c2ccccc2)c1C)C(C)(C)C. The first kappa shape index (κ1) is 17.7. The first-order valence-corrected chi connectivity index (χ1v) is 7.74. The van der Waals surface area contributed by atoms with E-state index in [1.807, 2.05) is 58.0 Å². The number of nitrogens with zero attached hydrogens (tertiary/aromatic N) is 2. The molecule has 0 spiro atoms. The van der Waals surface area contributed by atoms with Crippen molar-refractivity contribution in [2.75, 3.05) is 7.11 Å². The molecule has 0 fully saturated rings. The number of nitrogens with one attached hydrogen (secondary N) is 1. The third-order valence-electron chi connectivity index (χ3n) is 3.83. The third-order valence-corrected chi connectivity index (χ3v) is 3.83. The van der Waals surface area contributed by atoms with E-state index in [0.29, 0.717) is 11.3 Å². The van der Waals surface area contributed by atoms with E-state index in [1.54, 1.807) is 4.68 Å². The molecule has 2 rings (SSSR count). The molecule has 0 aliphatic heterocycles. The zero-order valence-corrected chi connectivity index (χ0v) is 14.7. The van der Waals surface area contributed by atoms with Gasteiger partial charge in [-0.25, -0.2) is 9.48 Å². The Morgan fingerprint density at radius 1 is 1.21 bits per heavy atom. The Labute approximate surface area is 141 Å². The zero-order chi connectivity index (χ0) is 17.9. The van der Waals surface area contributed by atoms with Crippen molar-refractivity contribution >= 4 is 11.9 Å². The van der Waals surface area contributed by atoms with Crippen molar-refractivity contribution in [2.45, 2.75) is 33.7 Å². The fourth-order valence-corrected chi connectivity index (χ4v) is 2.42. The second-order valence-electron chi connectivity index (χ2n) is 6.69. The van der Waals surface area contributed by atoms with E-state index in [4.69, 9.17) is 4.74 Å². The van der Waals surface area contributed by atoms with Crippen LogP contribution in [0.4, 0.5) is 0 Å². The van der Waals surface area contributed by atoms with Crippen molar-refractivity contribution < 1.29 is 14.3 Å². The molecule has 0 bridgehead atoms. The third kappa shape index (κ3) is 3.64. The highest BCUT2D eigenvalue weighted by atomic mass is 16.5. The molecule has 128 valence electrons. The van der Waals surface area contributed by atoms with Crippen LogP contribution in [0.1, 0.15) is 36.8 Å². The summed E-state index contributed by atoms with van der Waals surface area (Å²) in [6, 6.07) is 8.81. The summed E-state index contributed by atoms with van der Waals surface area (Å²) in [5.41, 5.74) is 1.54. The van der Waals surface area contributed by atoms with Crippen LogP contribution < -0.4 is 5.32 Å². The van der Waals surface area contributed by atoms with Crippen LogP contribution in [0.25, 0.3) is 5.69 Å². The van der Waals surface area contributed by atoms with E-state index in [-0.39, 0.29) is 5.91 Å². The van der Waals surface area contributed by atoms with Gasteiger partial charge in [0.15, 0.2) is 0 Å². The number of carbonyl (C=O) groups is 2. The molecule has 2 aromatic rings. The minimum atomic E-state index is -0.741. The van der Waals surface area contributed by atoms with Gasteiger partial charge in [0.2, 0.25) is 0 Å². The van der Waals surface area contributed by atoms with Crippen LogP contribution in [0, 0.1) is 12.3 Å². The van der Waals surface area contributed by atoms with E-state index < -0.39 is 17.4 Å². The maximum atomic E-state index is 12.6. The molecule has 24 heavy (non-hydrogen) atoms. The number of para-hydroxylation sites is 1. The van der Waals surface area contributed by atoms with Crippen LogP contribution in [0.5, 0.6) is 0 Å². The Morgan fingerprint density at radius 2 is 1.83 bits per heavy atom. The molecule has 1 amide bonds. The summed E-state index contributed by atoms with van der Waals surface area (Å²) in [6.07, 6.45) is 1.51. The molecule has 0 aliphatic rings. The molecule has 0 saturated carbocycles. The fraction of sp³-hybridized carbons (Fsp3) is 0.389. The number of carbonyl (C=O) groups excluding carboxylic acids is 2. The molecule has 1 unspecified atom stereocenters. The van der Waals surface area contributed by atoms with Gasteiger partial charge in [0.05, 0.1) is 30.3 Å². The summed E-state index contributed by atoms with van der Waals surface area (Å²) in [4.78, 5) is 24.6. The van der Waals surface area contributed by atoms with E-state index in [2.05, 4.69) is 10.4 Å². The number of hydrogen-bond donors (Lipinski definition) is 1. The molecular formula is C18H23N3O3. The topological polar surface area (TPSA) is 73.2 Å². The fourth-order valence-electron chi connectivity index (χ4n) is 2.42. The van der Waals surface area contributed by atoms with Gasteiger partial charge < -0.3 is 10.1 Å². The van der Waals surface area contributed by atoms with E-state index in [0.717, 1.165) is 5.69 Å². The van der Waals surface area contributed by atoms with E-state index in [1.165, 1.54) is 13.3 Å². The number of rotatable bonds is 4. The highest BCUT2D eigenvalue weighted by Crippen LogP contribution is 2.21. The van der Waals surface area contributed by atoms with Crippen molar-refractivity contribution in [3.63, 3.8) is 0 Å². The Balaban J connectivity index is 2.27. The Hall–Kier alpha value is -2.63. The molecule has 0 aliphatic carbocycles. The lowest BCUT2D eigenvalue weighted by Gasteiger charge is -2.28. The van der Waals surface area contributed by atoms with Gasteiger partial charge >= 0.3 is 5.97 Å². The largest absolute Gasteiger partial charge is 0.467 e. The molecule has 6 nitrogen and oxygen atoms in total. The van der Waals surface area contributed by atoms with Crippen LogP contribution in [0.3, 0.4) is 0 Å². The van der Waals surface area contributed by atoms with Crippen molar-refractivity contribution in [3.05, 3.63) is 47.8 Å². The highest BCUT2D eigenvalue weighted by molar-refractivity contribution is 5.97. The number of hydrogen-bond acceptors (Lipinski definition) is 4. The predicted molar refractivity (Wildman–Crippen MR) is 91.0 cm³/mol. The molecule has 1 aromatic heterocycles. The standard InChI is InChI=1S/C18H23N3O3/c1-12-14(11-19-21(12)13-9-7-6-8-10-13)16(22)20-15(17(23)24-5)18(2,3)4/h6-11,15H,1-5H3,(H,20,22). The average molecular weight is 329 g/mol. The minimum Gasteiger partial charge on any atom is -0.467 e. The van der Waals surface area contributed by atoms with Crippen LogP contribution in [0.2, 0.25) is 0 Å². The molecule has 0 radical (unpaired) electrons. The lowest BCUT2D eigenvalue weighted by atomic mass is 9.86. The van der Waals surface area contributed by atoms with Crippen LogP contribution in [-0.4, -0.2) is 34.8 Å². The lowest BCUT2D eigenvalue weighted by Crippen LogP contribution is -2.49. The van der Waals surface area contributed by atoms with Crippen LogP contribution in [-0.2, 0) is 9.53 Å². The highest BCUT2D eigenvalue weighted by Gasteiger charge is 2.34. The van der Waals surface area contributed by atoms with Gasteiger partial charge in [-0.1, -0.05) is 39.0 Å². The summed E-state index contributed by atoms with van der Waals surface area (Å²) in [5, 5.41) is 7.04. The Bertz CT molecular complexity index is 730. The number of benzene rings is 1. The van der Waals surface area contributed by atoms with Gasteiger partial charge in [0, 0.05) is 0 Å². The number of esters is 1. The summed E-state index contributed by atoms with van der Waals surface area (Å²) in [6.45, 7) is 7.43. The Morgan fingerprint density at radius 3 is 2.38 bits per heavy atom. The van der Waals surface area contributed by atoms with E-state index >= 15 is 0 Å². The first-order valence-electron chi connectivity index (χ1n) is 7.74. The van der Waals surface area contributed by atoms with Crippen LogP contribution in [0.15, 0.2) is 36.5 Å². The molecule has 1 heterocycles. The Kier molecular flexibility index (Phi) is 5.07. The van der Waals surface area contributed by atoms with Gasteiger partial charge in [0.25, 0.3) is 5.91 Å². The normalized spacial score (nSPS) is 12.5. The summed E-state index contributed by atoms with van der Waals surface area (Å²) in [5.74, 6) is -0.816. The van der Waals surface area contributed by atoms with Crippen molar-refractivity contribution in [2.24, 2.45) is 5.41 Å². The maximum absolute atomic E-state index is 12.6. The molecular weight excluding hydrogens is 306 g/mol. The summed E-state index contributed by atoms with van der Waals surface area (Å²) < 4.78 is 6.50. The van der Waals surface area contributed by atoms with Gasteiger partial charge in [-0.15, -0.1) is 0 Å². The molecule has 1 N–H and O–H groups in total. The zero-order valence-electron chi connectivity index (χ0n) is 14.7. The average Bonchev–Trinajstić information content (AvgIpc) is 2.93. The second-order valence-corrected chi connectivity index (χ2v) is 6.69. The molecule has 1 aromatic carbocycles. The molecule has 6 heteroatoms. The summed E-state index contributed by atoms with van der Waals surface area (Å²) in [7, 11) is 1.31. The smallest absolute Gasteiger partial charge is 0.328 e. The number of ether oxygens (including phenoxy) is 1. The second kappa shape index (κ2) is 6.86. The van der Waals surface area contributed by atoms with Gasteiger partial charge in [-0.3, -0.25) is 4.79 Å². The summed E-state index contributed by atoms with van der Waals surface area (Å²) >= 11 is 0.